The van der Waals surface area contributed by atoms with Crippen molar-refractivity contribution in [2.75, 3.05) is 0 Å². The Hall–Kier alpha value is -0.780. The van der Waals surface area contributed by atoms with Crippen LogP contribution in [0.1, 0.15) is 62.3 Å². The van der Waals surface area contributed by atoms with Gasteiger partial charge in [-0.1, -0.05) is 59.7 Å². The van der Waals surface area contributed by atoms with Crippen LogP contribution >= 0.6 is 0 Å². The molecule has 0 aromatic heterocycles. The minimum absolute atomic E-state index is 0.205. The second kappa shape index (κ2) is 3.66. The van der Waals surface area contributed by atoms with Crippen molar-refractivity contribution in [3.05, 3.63) is 34.8 Å². The Kier molecular flexibility index (Phi) is 2.05. The van der Waals surface area contributed by atoms with Crippen LogP contribution in [0.15, 0.2) is 18.1 Å². The Balaban J connectivity index is 3.79. The molecule has 0 radical (unpaired) electrons. The molecular formula is C15H24. The van der Waals surface area contributed by atoms with Gasteiger partial charge in [-0.05, 0) is 34.4 Å². The quantitative estimate of drug-likeness (QED) is 0.583. The van der Waals surface area contributed by atoms with Crippen LogP contribution in [0.5, 0.6) is 0 Å². The van der Waals surface area contributed by atoms with Crippen LogP contribution in [0.3, 0.4) is 0 Å². The lowest BCUT2D eigenvalue weighted by molar-refractivity contribution is 0.573. The van der Waals surface area contributed by atoms with Crippen molar-refractivity contribution >= 4 is 0 Å². The van der Waals surface area contributed by atoms with Crippen molar-refractivity contribution in [2.45, 2.75) is 59.3 Å². The van der Waals surface area contributed by atoms with Crippen molar-refractivity contribution in [1.29, 1.82) is 0 Å². The van der Waals surface area contributed by atoms with Crippen LogP contribution in [-0.2, 0) is 10.8 Å². The van der Waals surface area contributed by atoms with Gasteiger partial charge in [-0.25, -0.2) is 0 Å². The number of benzene rings is 1. The summed E-state index contributed by atoms with van der Waals surface area (Å²) in [6.45, 7) is 14.0. The SMILES string of the molecule is [2H]c1c([2H])c(C(C)(C)C)c(C)c([2H])c1C(C)(C)C. The first-order valence-electron chi connectivity index (χ1n) is 7.00. The summed E-state index contributed by atoms with van der Waals surface area (Å²) in [6, 6.07) is 0.914. The molecule has 0 aliphatic carbocycles. The van der Waals surface area contributed by atoms with Gasteiger partial charge >= 0.3 is 0 Å². The Bertz CT molecular complexity index is 400. The van der Waals surface area contributed by atoms with Gasteiger partial charge in [0.1, 0.15) is 0 Å². The van der Waals surface area contributed by atoms with E-state index in [0.29, 0.717) is 11.6 Å². The molecule has 1 aromatic carbocycles. The van der Waals surface area contributed by atoms with E-state index >= 15 is 0 Å². The standard InChI is InChI=1S/C15H24/c1-11-10-12(14(2,3)4)8-9-13(11)15(5,6)7/h8-10H,1-7H3/i8D,9D,10D. The third kappa shape index (κ3) is 2.84. The molecule has 0 saturated heterocycles. The fourth-order valence-corrected chi connectivity index (χ4v) is 1.62. The fourth-order valence-electron chi connectivity index (χ4n) is 1.62. The summed E-state index contributed by atoms with van der Waals surface area (Å²) < 4.78 is 24.7. The van der Waals surface area contributed by atoms with Crippen LogP contribution in [0.4, 0.5) is 0 Å². The van der Waals surface area contributed by atoms with Crippen molar-refractivity contribution in [3.63, 3.8) is 0 Å². The molecule has 0 aliphatic rings. The maximum atomic E-state index is 8.31. The minimum Gasteiger partial charge on any atom is -0.0582 e. The number of hydrogen-bond acceptors (Lipinski definition) is 0. The molecule has 0 heteroatoms. The van der Waals surface area contributed by atoms with Crippen molar-refractivity contribution in [3.8, 4) is 0 Å². The molecule has 1 rings (SSSR count). The third-order valence-electron chi connectivity index (χ3n) is 2.50. The molecular weight excluding hydrogens is 180 g/mol. The van der Waals surface area contributed by atoms with Crippen molar-refractivity contribution in [1.82, 2.24) is 0 Å². The molecule has 1 aromatic rings. The van der Waals surface area contributed by atoms with Crippen molar-refractivity contribution < 1.29 is 4.11 Å². The molecule has 0 fully saturated rings. The molecule has 84 valence electrons. The Morgan fingerprint density at radius 1 is 0.933 bits per heavy atom. The summed E-state index contributed by atoms with van der Waals surface area (Å²) in [4.78, 5) is 0. The molecule has 0 nitrogen and oxygen atoms in total. The molecule has 0 spiro atoms. The highest BCUT2D eigenvalue weighted by atomic mass is 14.2. The smallest absolute Gasteiger partial charge is 0.0582 e. The second-order valence-corrected chi connectivity index (χ2v) is 6.25. The lowest BCUT2D eigenvalue weighted by Gasteiger charge is -2.25. The summed E-state index contributed by atoms with van der Waals surface area (Å²) in [6.07, 6.45) is 0. The van der Waals surface area contributed by atoms with E-state index in [9.17, 15) is 0 Å². The maximum Gasteiger partial charge on any atom is 0.0629 e. The normalized spacial score (nSPS) is 15.8. The largest absolute Gasteiger partial charge is 0.0629 e. The highest BCUT2D eigenvalue weighted by Gasteiger charge is 2.19. The Morgan fingerprint density at radius 3 is 1.87 bits per heavy atom. The van der Waals surface area contributed by atoms with E-state index in [4.69, 9.17) is 4.11 Å². The van der Waals surface area contributed by atoms with E-state index in [1.807, 2.05) is 48.5 Å². The van der Waals surface area contributed by atoms with Crippen LogP contribution in [0.2, 0.25) is 0 Å². The van der Waals surface area contributed by atoms with Gasteiger partial charge in [-0.2, -0.15) is 0 Å². The Labute approximate surface area is 98.9 Å². The number of hydrogen-bond donors (Lipinski definition) is 0. The predicted molar refractivity (Wildman–Crippen MR) is 68.6 cm³/mol. The fraction of sp³-hybridized carbons (Fsp3) is 0.600. The first kappa shape index (κ1) is 8.38. The van der Waals surface area contributed by atoms with Gasteiger partial charge in [0.05, 0.1) is 4.11 Å². The molecule has 0 saturated carbocycles. The van der Waals surface area contributed by atoms with Gasteiger partial charge in [0, 0.05) is 0 Å². The average molecular weight is 207 g/mol. The maximum absolute atomic E-state index is 8.31. The molecule has 0 heterocycles. The van der Waals surface area contributed by atoms with E-state index in [1.165, 1.54) is 0 Å². The van der Waals surface area contributed by atoms with E-state index < -0.39 is 0 Å². The molecule has 0 amide bonds. The lowest BCUT2D eigenvalue weighted by Crippen LogP contribution is -2.16. The van der Waals surface area contributed by atoms with Crippen LogP contribution in [-0.4, -0.2) is 0 Å². The van der Waals surface area contributed by atoms with Gasteiger partial charge in [-0.15, -0.1) is 0 Å². The molecule has 0 N–H and O–H groups in total. The van der Waals surface area contributed by atoms with E-state index in [1.54, 1.807) is 0 Å². The van der Waals surface area contributed by atoms with Gasteiger partial charge < -0.3 is 0 Å². The molecule has 0 atom stereocenters. The summed E-state index contributed by atoms with van der Waals surface area (Å²) in [7, 11) is 0. The Morgan fingerprint density at radius 2 is 1.47 bits per heavy atom. The highest BCUT2D eigenvalue weighted by Crippen LogP contribution is 2.30. The van der Waals surface area contributed by atoms with Crippen molar-refractivity contribution in [2.24, 2.45) is 0 Å². The van der Waals surface area contributed by atoms with Crippen LogP contribution in [0.25, 0.3) is 0 Å². The zero-order valence-electron chi connectivity index (χ0n) is 14.0. The first-order chi connectivity index (χ1) is 7.89. The molecule has 15 heavy (non-hydrogen) atoms. The topological polar surface area (TPSA) is 0 Å². The third-order valence-corrected chi connectivity index (χ3v) is 2.50. The highest BCUT2D eigenvalue weighted by molar-refractivity contribution is 5.37. The zero-order valence-corrected chi connectivity index (χ0v) is 11.0. The minimum atomic E-state index is -0.273. The summed E-state index contributed by atoms with van der Waals surface area (Å²) in [5.41, 5.74) is 1.87. The van der Waals surface area contributed by atoms with Gasteiger partial charge in [0.25, 0.3) is 0 Å². The summed E-state index contributed by atoms with van der Waals surface area (Å²) in [5, 5.41) is 0. The van der Waals surface area contributed by atoms with Gasteiger partial charge in [0.2, 0.25) is 0 Å². The first-order valence-corrected chi connectivity index (χ1v) is 5.50. The van der Waals surface area contributed by atoms with Gasteiger partial charge in [0.15, 0.2) is 0 Å². The average Bonchev–Trinajstić information content (AvgIpc) is 2.10. The summed E-state index contributed by atoms with van der Waals surface area (Å²) >= 11 is 0. The monoisotopic (exact) mass is 207 g/mol. The lowest BCUT2D eigenvalue weighted by atomic mass is 9.80. The number of rotatable bonds is 0. The van der Waals surface area contributed by atoms with Crippen LogP contribution < -0.4 is 0 Å². The molecule has 0 bridgehead atoms. The van der Waals surface area contributed by atoms with E-state index in [-0.39, 0.29) is 22.9 Å². The second-order valence-electron chi connectivity index (χ2n) is 6.25. The zero-order chi connectivity index (χ0) is 14.5. The molecule has 0 unspecified atom stereocenters. The van der Waals surface area contributed by atoms with Crippen LogP contribution in [0, 0.1) is 6.92 Å². The predicted octanol–water partition coefficient (Wildman–Crippen LogP) is 4.59. The molecule has 0 aliphatic heterocycles. The van der Waals surface area contributed by atoms with E-state index in [2.05, 4.69) is 0 Å². The summed E-state index contributed by atoms with van der Waals surface area (Å²) in [5.74, 6) is 0. The van der Waals surface area contributed by atoms with Gasteiger partial charge in [-0.3, -0.25) is 0 Å². The van der Waals surface area contributed by atoms with E-state index in [0.717, 1.165) is 11.1 Å².